The summed E-state index contributed by atoms with van der Waals surface area (Å²) in [5, 5.41) is 2.68. The topological polar surface area (TPSA) is 116 Å². The first-order valence-electron chi connectivity index (χ1n) is 9.80. The lowest BCUT2D eigenvalue weighted by Gasteiger charge is -2.16. The van der Waals surface area contributed by atoms with E-state index in [0.29, 0.717) is 18.2 Å². The van der Waals surface area contributed by atoms with Gasteiger partial charge in [-0.05, 0) is 30.2 Å². The van der Waals surface area contributed by atoms with Gasteiger partial charge in [0.25, 0.3) is 0 Å². The van der Waals surface area contributed by atoms with Gasteiger partial charge in [0.1, 0.15) is 17.1 Å². The summed E-state index contributed by atoms with van der Waals surface area (Å²) in [5.74, 6) is -1.99. The average molecular weight is 493 g/mol. The first kappa shape index (κ1) is 23.3. The number of hydrogen-bond donors (Lipinski definition) is 2. The quantitative estimate of drug-likeness (QED) is 0.501. The fourth-order valence-corrected chi connectivity index (χ4v) is 3.75. The Balaban J connectivity index is 1.75. The molecule has 0 atom stereocenters. The van der Waals surface area contributed by atoms with Crippen molar-refractivity contribution in [1.29, 1.82) is 0 Å². The van der Waals surface area contributed by atoms with Crippen molar-refractivity contribution in [3.05, 3.63) is 63.8 Å². The number of aryl methyl sites for hydroxylation is 1. The third-order valence-electron chi connectivity index (χ3n) is 5.08. The van der Waals surface area contributed by atoms with Crippen molar-refractivity contribution in [3.8, 4) is 17.4 Å². The molecular formula is C22H16ClF3N4O4. The van der Waals surface area contributed by atoms with Gasteiger partial charge in [-0.25, -0.2) is 4.98 Å². The summed E-state index contributed by atoms with van der Waals surface area (Å²) in [7, 11) is 1.31. The van der Waals surface area contributed by atoms with Crippen LogP contribution in [0.2, 0.25) is 5.02 Å². The molecule has 4 rings (SSSR count). The number of hydrogen-bond acceptors (Lipinski definition) is 7. The number of primary amides is 1. The van der Waals surface area contributed by atoms with Crippen LogP contribution in [0.25, 0.3) is 0 Å². The van der Waals surface area contributed by atoms with Crippen molar-refractivity contribution in [2.45, 2.75) is 19.0 Å². The number of anilines is 2. The van der Waals surface area contributed by atoms with E-state index in [9.17, 15) is 22.8 Å². The number of carbonyl (C=O) groups is 2. The Bertz CT molecular complexity index is 1310. The van der Waals surface area contributed by atoms with Crippen molar-refractivity contribution in [2.24, 2.45) is 5.73 Å². The number of ketones is 1. The summed E-state index contributed by atoms with van der Waals surface area (Å²) < 4.78 is 51.6. The number of benzene rings is 2. The number of carbonyl (C=O) groups excluding carboxylic acids is 2. The van der Waals surface area contributed by atoms with E-state index in [4.69, 9.17) is 26.8 Å². The Morgan fingerprint density at radius 1 is 1.21 bits per heavy atom. The first-order valence-corrected chi connectivity index (χ1v) is 10.2. The van der Waals surface area contributed by atoms with Crippen LogP contribution >= 0.6 is 11.6 Å². The Morgan fingerprint density at radius 2 is 1.97 bits per heavy atom. The van der Waals surface area contributed by atoms with E-state index in [1.807, 2.05) is 0 Å². The molecule has 0 fully saturated rings. The van der Waals surface area contributed by atoms with Crippen molar-refractivity contribution in [2.75, 3.05) is 12.4 Å². The molecule has 0 aliphatic heterocycles. The summed E-state index contributed by atoms with van der Waals surface area (Å²) in [4.78, 5) is 31.3. The van der Waals surface area contributed by atoms with E-state index in [2.05, 4.69) is 15.3 Å². The van der Waals surface area contributed by atoms with E-state index in [-0.39, 0.29) is 51.5 Å². The number of nitrogens with zero attached hydrogens (tertiary/aromatic N) is 2. The molecule has 1 aliphatic rings. The molecule has 1 aromatic heterocycles. The van der Waals surface area contributed by atoms with Crippen LogP contribution in [0, 0.1) is 0 Å². The predicted molar refractivity (Wildman–Crippen MR) is 116 cm³/mol. The Kier molecular flexibility index (Phi) is 6.05. The maximum absolute atomic E-state index is 13.6. The number of rotatable bonds is 6. The highest BCUT2D eigenvalue weighted by Crippen LogP contribution is 2.40. The summed E-state index contributed by atoms with van der Waals surface area (Å²) in [6.45, 7) is 0. The summed E-state index contributed by atoms with van der Waals surface area (Å²) in [6, 6.07) is 7.28. The Labute approximate surface area is 195 Å². The molecule has 0 spiro atoms. The number of aromatic nitrogens is 2. The highest BCUT2D eigenvalue weighted by atomic mass is 35.5. The molecule has 12 heteroatoms. The monoisotopic (exact) mass is 492 g/mol. The zero-order valence-electron chi connectivity index (χ0n) is 17.5. The van der Waals surface area contributed by atoms with Gasteiger partial charge in [-0.15, -0.1) is 0 Å². The third kappa shape index (κ3) is 4.46. The summed E-state index contributed by atoms with van der Waals surface area (Å²) >= 11 is 6.07. The van der Waals surface area contributed by atoms with Gasteiger partial charge in [-0.3, -0.25) is 9.59 Å². The van der Waals surface area contributed by atoms with Crippen molar-refractivity contribution < 1.29 is 32.2 Å². The van der Waals surface area contributed by atoms with Crippen LogP contribution in [-0.4, -0.2) is 28.8 Å². The minimum absolute atomic E-state index is 0.0102. The van der Waals surface area contributed by atoms with Gasteiger partial charge in [0.15, 0.2) is 5.78 Å². The van der Waals surface area contributed by atoms with Gasteiger partial charge in [0.05, 0.1) is 28.9 Å². The highest BCUT2D eigenvalue weighted by molar-refractivity contribution is 6.34. The van der Waals surface area contributed by atoms with E-state index < -0.39 is 23.5 Å². The zero-order chi connectivity index (χ0) is 24.6. The van der Waals surface area contributed by atoms with Crippen molar-refractivity contribution >= 4 is 34.9 Å². The minimum atomic E-state index is -4.82. The lowest BCUT2D eigenvalue weighted by Crippen LogP contribution is -2.13. The second-order valence-electron chi connectivity index (χ2n) is 7.25. The molecule has 0 saturated carbocycles. The fourth-order valence-electron chi connectivity index (χ4n) is 3.49. The standard InChI is InChI=1S/C22H16ClF3N4O4/c1-33-17-7-11(19(27)32)13(23)8-14(17)29-21-28-9-12(22(24,25)26)20(30-21)34-16-4-2-3-10-5-6-15(31)18(10)16/h2-4,7-9H,5-6H2,1H3,(H2,27,32)(H,28,29,30). The SMILES string of the molecule is COc1cc(C(N)=O)c(Cl)cc1Nc1ncc(C(F)(F)F)c(Oc2cccc3c2C(=O)CC3)n1. The number of ether oxygens (including phenoxy) is 2. The van der Waals surface area contributed by atoms with Gasteiger partial charge in [-0.2, -0.15) is 18.2 Å². The number of nitrogens with two attached hydrogens (primary N) is 1. The van der Waals surface area contributed by atoms with E-state index in [1.165, 1.54) is 25.3 Å². The molecule has 176 valence electrons. The average Bonchev–Trinajstić information content (AvgIpc) is 3.15. The van der Waals surface area contributed by atoms with Gasteiger partial charge in [0.2, 0.25) is 17.7 Å². The van der Waals surface area contributed by atoms with Gasteiger partial charge in [0, 0.05) is 12.6 Å². The molecule has 0 unspecified atom stereocenters. The van der Waals surface area contributed by atoms with Crippen LogP contribution in [0.15, 0.2) is 36.5 Å². The zero-order valence-corrected chi connectivity index (χ0v) is 18.3. The molecule has 1 amide bonds. The molecule has 0 radical (unpaired) electrons. The highest BCUT2D eigenvalue weighted by Gasteiger charge is 2.37. The number of nitrogens with one attached hydrogen (secondary N) is 1. The molecule has 1 heterocycles. The molecule has 3 N–H and O–H groups in total. The molecule has 3 aromatic rings. The van der Waals surface area contributed by atoms with Crippen LogP contribution in [0.3, 0.4) is 0 Å². The van der Waals surface area contributed by atoms with Gasteiger partial charge in [-0.1, -0.05) is 23.7 Å². The number of amides is 1. The second-order valence-corrected chi connectivity index (χ2v) is 7.65. The van der Waals surface area contributed by atoms with E-state index >= 15 is 0 Å². The number of alkyl halides is 3. The first-order chi connectivity index (χ1) is 16.1. The summed E-state index contributed by atoms with van der Waals surface area (Å²) in [6.07, 6.45) is -3.53. The number of methoxy groups -OCH3 is 1. The van der Waals surface area contributed by atoms with Gasteiger partial charge < -0.3 is 20.5 Å². The lowest BCUT2D eigenvalue weighted by molar-refractivity contribution is -0.139. The normalized spacial score (nSPS) is 12.9. The van der Waals surface area contributed by atoms with Crippen LogP contribution < -0.4 is 20.5 Å². The Morgan fingerprint density at radius 3 is 2.65 bits per heavy atom. The Hall–Kier alpha value is -3.86. The molecular weight excluding hydrogens is 477 g/mol. The van der Waals surface area contributed by atoms with E-state index in [0.717, 1.165) is 0 Å². The van der Waals surface area contributed by atoms with Crippen molar-refractivity contribution in [3.63, 3.8) is 0 Å². The molecule has 0 bridgehead atoms. The molecule has 2 aromatic carbocycles. The van der Waals surface area contributed by atoms with Crippen molar-refractivity contribution in [1.82, 2.24) is 9.97 Å². The molecule has 8 nitrogen and oxygen atoms in total. The van der Waals surface area contributed by atoms with Crippen LogP contribution in [0.5, 0.6) is 17.4 Å². The third-order valence-corrected chi connectivity index (χ3v) is 5.39. The minimum Gasteiger partial charge on any atom is -0.495 e. The number of halogens is 4. The maximum Gasteiger partial charge on any atom is 0.423 e. The second kappa shape index (κ2) is 8.82. The largest absolute Gasteiger partial charge is 0.495 e. The van der Waals surface area contributed by atoms with Crippen LogP contribution in [0.1, 0.15) is 38.3 Å². The van der Waals surface area contributed by atoms with Crippen LogP contribution in [0.4, 0.5) is 24.8 Å². The molecule has 1 aliphatic carbocycles. The molecule has 0 saturated heterocycles. The lowest BCUT2D eigenvalue weighted by atomic mass is 10.1. The fraction of sp³-hybridized carbons (Fsp3) is 0.182. The summed E-state index contributed by atoms with van der Waals surface area (Å²) in [5.41, 5.74) is 5.13. The smallest absolute Gasteiger partial charge is 0.423 e. The predicted octanol–water partition coefficient (Wildman–Crippen LogP) is 4.92. The van der Waals surface area contributed by atoms with Crippen LogP contribution in [-0.2, 0) is 12.6 Å². The van der Waals surface area contributed by atoms with Gasteiger partial charge >= 0.3 is 6.18 Å². The van der Waals surface area contributed by atoms with E-state index in [1.54, 1.807) is 12.1 Å². The number of Topliss-reactive ketones (excluding diaryl/α,β-unsaturated/α-hetero) is 1. The molecule has 34 heavy (non-hydrogen) atoms. The maximum atomic E-state index is 13.6. The number of fused-ring (bicyclic) bond motifs is 1.